The van der Waals surface area contributed by atoms with Gasteiger partial charge in [-0.3, -0.25) is 4.90 Å². The number of hydrogen-bond donors (Lipinski definition) is 1. The molecular formula is C18H30N6OS. The van der Waals surface area contributed by atoms with Gasteiger partial charge >= 0.3 is 0 Å². The molecule has 0 aromatic carbocycles. The van der Waals surface area contributed by atoms with Gasteiger partial charge in [0, 0.05) is 30.8 Å². The molecule has 1 aromatic heterocycles. The largest absolute Gasteiger partial charge is 0.379 e. The maximum Gasteiger partial charge on any atom is 0.248 e. The van der Waals surface area contributed by atoms with Crippen molar-refractivity contribution in [2.24, 2.45) is 10.9 Å². The van der Waals surface area contributed by atoms with E-state index in [1.54, 1.807) is 11.8 Å². The van der Waals surface area contributed by atoms with Gasteiger partial charge in [-0.05, 0) is 38.6 Å². The number of fused-ring (bicyclic) bond motifs is 2. The third-order valence-electron chi connectivity index (χ3n) is 5.65. The van der Waals surface area contributed by atoms with Gasteiger partial charge in [0.05, 0.1) is 19.8 Å². The Morgan fingerprint density at radius 3 is 2.92 bits per heavy atom. The van der Waals surface area contributed by atoms with Gasteiger partial charge in [-0.1, -0.05) is 24.6 Å². The molecule has 0 amide bonds. The highest BCUT2D eigenvalue weighted by Crippen LogP contribution is 2.30. The number of ether oxygens (including phenoxy) is 1. The minimum atomic E-state index is 0.398. The first-order chi connectivity index (χ1) is 12.8. The highest BCUT2D eigenvalue weighted by Gasteiger charge is 2.32. The Balaban J connectivity index is 1.36. The molecule has 2 fully saturated rings. The molecule has 2 unspecified atom stereocenters. The zero-order chi connectivity index (χ0) is 17.8. The second kappa shape index (κ2) is 8.82. The Morgan fingerprint density at radius 2 is 2.08 bits per heavy atom. The lowest BCUT2D eigenvalue weighted by Gasteiger charge is -2.28. The van der Waals surface area contributed by atoms with E-state index in [0.29, 0.717) is 12.0 Å². The van der Waals surface area contributed by atoms with Gasteiger partial charge in [0.15, 0.2) is 0 Å². The van der Waals surface area contributed by atoms with Gasteiger partial charge in [0.2, 0.25) is 11.1 Å². The molecule has 3 aliphatic rings. The zero-order valence-electron chi connectivity index (χ0n) is 15.7. The van der Waals surface area contributed by atoms with E-state index < -0.39 is 0 Å². The van der Waals surface area contributed by atoms with Crippen LogP contribution in [-0.2, 0) is 11.3 Å². The molecule has 4 rings (SSSR count). The number of nitrogens with one attached hydrogen (secondary N) is 1. The maximum atomic E-state index is 5.43. The maximum absolute atomic E-state index is 5.43. The minimum absolute atomic E-state index is 0.398. The van der Waals surface area contributed by atoms with Crippen molar-refractivity contribution in [2.45, 2.75) is 49.8 Å². The SMILES string of the molecule is CSc1nc2n(n1)CC1CCCCC(NCCCN3CCOCC3)C1=N2. The summed E-state index contributed by atoms with van der Waals surface area (Å²) in [5.74, 6) is 1.31. The van der Waals surface area contributed by atoms with E-state index in [2.05, 4.69) is 20.3 Å². The second-order valence-corrected chi connectivity index (χ2v) is 8.19. The molecule has 1 aliphatic carbocycles. The summed E-state index contributed by atoms with van der Waals surface area (Å²) in [5, 5.41) is 9.20. The van der Waals surface area contributed by atoms with E-state index in [4.69, 9.17) is 9.73 Å². The predicted octanol–water partition coefficient (Wildman–Crippen LogP) is 1.96. The summed E-state index contributed by atoms with van der Waals surface area (Å²) >= 11 is 1.59. The molecule has 2 aliphatic heterocycles. The molecule has 3 heterocycles. The van der Waals surface area contributed by atoms with Crippen molar-refractivity contribution in [1.29, 1.82) is 0 Å². The standard InChI is InChI=1S/C18H30N6OS/c1-26-18-21-17-20-16-14(13-24(17)22-18)5-2-3-6-15(16)19-7-4-8-23-9-11-25-12-10-23/h14-15,19H,2-13H2,1H3. The van der Waals surface area contributed by atoms with E-state index in [1.165, 1.54) is 37.8 Å². The fourth-order valence-electron chi connectivity index (χ4n) is 4.21. The van der Waals surface area contributed by atoms with Crippen molar-refractivity contribution in [3.05, 3.63) is 0 Å². The van der Waals surface area contributed by atoms with Gasteiger partial charge in [-0.15, -0.1) is 5.10 Å². The molecule has 26 heavy (non-hydrogen) atoms. The van der Waals surface area contributed by atoms with E-state index in [0.717, 1.165) is 57.0 Å². The number of nitrogens with zero attached hydrogens (tertiary/aromatic N) is 5. The van der Waals surface area contributed by atoms with Crippen molar-refractivity contribution >= 4 is 23.4 Å². The molecule has 144 valence electrons. The van der Waals surface area contributed by atoms with E-state index >= 15 is 0 Å². The van der Waals surface area contributed by atoms with Crippen LogP contribution >= 0.6 is 11.8 Å². The Kier molecular flexibility index (Phi) is 6.24. The summed E-state index contributed by atoms with van der Waals surface area (Å²) in [6.07, 6.45) is 8.18. The molecule has 1 saturated heterocycles. The Hall–Kier alpha value is -0.960. The zero-order valence-corrected chi connectivity index (χ0v) is 16.5. The topological polar surface area (TPSA) is 67.6 Å². The molecule has 0 spiro atoms. The molecule has 8 heteroatoms. The van der Waals surface area contributed by atoms with Crippen molar-refractivity contribution in [1.82, 2.24) is 25.0 Å². The average Bonchev–Trinajstić information content (AvgIpc) is 2.98. The predicted molar refractivity (Wildman–Crippen MR) is 105 cm³/mol. The number of morpholine rings is 1. The quantitative estimate of drug-likeness (QED) is 0.603. The van der Waals surface area contributed by atoms with Crippen LogP contribution in [-0.4, -0.2) is 77.1 Å². The summed E-state index contributed by atoms with van der Waals surface area (Å²) in [6, 6.07) is 0.398. The number of hydrogen-bond acceptors (Lipinski definition) is 7. The molecule has 1 N–H and O–H groups in total. The molecule has 1 saturated carbocycles. The summed E-state index contributed by atoms with van der Waals surface area (Å²) in [6.45, 7) is 7.06. The highest BCUT2D eigenvalue weighted by molar-refractivity contribution is 7.98. The van der Waals surface area contributed by atoms with Gasteiger partial charge < -0.3 is 10.1 Å². The van der Waals surface area contributed by atoms with Crippen LogP contribution in [0.15, 0.2) is 10.1 Å². The average molecular weight is 379 g/mol. The van der Waals surface area contributed by atoms with Gasteiger partial charge in [-0.25, -0.2) is 9.67 Å². The summed E-state index contributed by atoms with van der Waals surface area (Å²) in [7, 11) is 0. The lowest BCUT2D eigenvalue weighted by Crippen LogP contribution is -2.43. The van der Waals surface area contributed by atoms with E-state index in [1.807, 2.05) is 10.9 Å². The Morgan fingerprint density at radius 1 is 1.23 bits per heavy atom. The van der Waals surface area contributed by atoms with Crippen LogP contribution in [0.25, 0.3) is 0 Å². The number of rotatable bonds is 6. The van der Waals surface area contributed by atoms with Crippen LogP contribution in [0.3, 0.4) is 0 Å². The van der Waals surface area contributed by atoms with Crippen molar-refractivity contribution in [3.8, 4) is 0 Å². The van der Waals surface area contributed by atoms with Crippen LogP contribution in [0.5, 0.6) is 0 Å². The third-order valence-corrected chi connectivity index (χ3v) is 6.19. The fourth-order valence-corrected chi connectivity index (χ4v) is 4.57. The van der Waals surface area contributed by atoms with Crippen LogP contribution in [0.2, 0.25) is 0 Å². The number of thioether (sulfide) groups is 1. The molecule has 0 bridgehead atoms. The Bertz CT molecular complexity index is 627. The molecule has 2 atom stereocenters. The van der Waals surface area contributed by atoms with Crippen LogP contribution < -0.4 is 5.32 Å². The first-order valence-electron chi connectivity index (χ1n) is 9.94. The lowest BCUT2D eigenvalue weighted by molar-refractivity contribution is 0.0374. The van der Waals surface area contributed by atoms with Crippen molar-refractivity contribution < 1.29 is 4.74 Å². The van der Waals surface area contributed by atoms with E-state index in [9.17, 15) is 0 Å². The minimum Gasteiger partial charge on any atom is -0.379 e. The monoisotopic (exact) mass is 378 g/mol. The van der Waals surface area contributed by atoms with Crippen molar-refractivity contribution in [3.63, 3.8) is 0 Å². The van der Waals surface area contributed by atoms with Crippen LogP contribution in [0.4, 0.5) is 5.95 Å². The first kappa shape index (κ1) is 18.4. The number of aromatic nitrogens is 3. The first-order valence-corrected chi connectivity index (χ1v) is 11.2. The second-order valence-electron chi connectivity index (χ2n) is 7.41. The normalized spacial score (nSPS) is 26.7. The third kappa shape index (κ3) is 4.30. The molecule has 0 radical (unpaired) electrons. The van der Waals surface area contributed by atoms with Gasteiger partial charge in [-0.2, -0.15) is 4.98 Å². The number of aliphatic imine (C=N–C) groups is 1. The van der Waals surface area contributed by atoms with Crippen LogP contribution in [0.1, 0.15) is 32.1 Å². The molecule has 1 aromatic rings. The summed E-state index contributed by atoms with van der Waals surface area (Å²) in [4.78, 5) is 12.0. The van der Waals surface area contributed by atoms with Gasteiger partial charge in [0.25, 0.3) is 0 Å². The Labute approximate surface area is 160 Å². The molecular weight excluding hydrogens is 348 g/mol. The fraction of sp³-hybridized carbons (Fsp3) is 0.833. The lowest BCUT2D eigenvalue weighted by atomic mass is 9.94. The van der Waals surface area contributed by atoms with Crippen LogP contribution in [0, 0.1) is 5.92 Å². The summed E-state index contributed by atoms with van der Waals surface area (Å²) in [5.41, 5.74) is 1.32. The highest BCUT2D eigenvalue weighted by atomic mass is 32.2. The van der Waals surface area contributed by atoms with Crippen molar-refractivity contribution in [2.75, 3.05) is 45.6 Å². The van der Waals surface area contributed by atoms with Gasteiger partial charge in [0.1, 0.15) is 0 Å². The smallest absolute Gasteiger partial charge is 0.248 e. The van der Waals surface area contributed by atoms with E-state index in [-0.39, 0.29) is 0 Å². The molecule has 7 nitrogen and oxygen atoms in total. The summed E-state index contributed by atoms with van der Waals surface area (Å²) < 4.78 is 7.43.